The molecule has 2 N–H and O–H groups in total. The lowest BCUT2D eigenvalue weighted by atomic mass is 10.1. The van der Waals surface area contributed by atoms with E-state index in [2.05, 4.69) is 26.2 Å². The number of aliphatic carboxylic acids is 1. The SMILES string of the molecule is CC(C)[C@H](Nc1ccc(Br)cn1)C(=O)O. The molecule has 0 saturated heterocycles. The Morgan fingerprint density at radius 2 is 2.20 bits per heavy atom. The Labute approximate surface area is 96.8 Å². The van der Waals surface area contributed by atoms with Crippen molar-refractivity contribution in [1.29, 1.82) is 0 Å². The van der Waals surface area contributed by atoms with Gasteiger partial charge in [0.15, 0.2) is 0 Å². The second-order valence-electron chi connectivity index (χ2n) is 3.57. The van der Waals surface area contributed by atoms with Crippen LogP contribution in [-0.2, 0) is 4.79 Å². The van der Waals surface area contributed by atoms with Crippen LogP contribution in [0, 0.1) is 5.92 Å². The Balaban J connectivity index is 2.74. The highest BCUT2D eigenvalue weighted by Crippen LogP contribution is 2.13. The predicted octanol–water partition coefficient (Wildman–Crippen LogP) is 2.37. The average molecular weight is 273 g/mol. The Bertz CT molecular complexity index is 338. The van der Waals surface area contributed by atoms with Gasteiger partial charge in [0.05, 0.1) is 0 Å². The van der Waals surface area contributed by atoms with Crippen LogP contribution >= 0.6 is 15.9 Å². The predicted molar refractivity (Wildman–Crippen MR) is 61.8 cm³/mol. The largest absolute Gasteiger partial charge is 0.480 e. The molecule has 0 bridgehead atoms. The molecule has 0 aliphatic carbocycles. The third-order valence-electron chi connectivity index (χ3n) is 1.96. The van der Waals surface area contributed by atoms with Gasteiger partial charge in [-0.05, 0) is 34.0 Å². The summed E-state index contributed by atoms with van der Waals surface area (Å²) in [4.78, 5) is 15.0. The van der Waals surface area contributed by atoms with Gasteiger partial charge in [-0.3, -0.25) is 0 Å². The van der Waals surface area contributed by atoms with Gasteiger partial charge in [0, 0.05) is 10.7 Å². The maximum absolute atomic E-state index is 10.9. The van der Waals surface area contributed by atoms with Gasteiger partial charge in [0.25, 0.3) is 0 Å². The maximum atomic E-state index is 10.9. The number of halogens is 1. The van der Waals surface area contributed by atoms with E-state index in [0.717, 1.165) is 4.47 Å². The van der Waals surface area contributed by atoms with E-state index in [1.165, 1.54) is 0 Å². The van der Waals surface area contributed by atoms with Crippen LogP contribution in [0.15, 0.2) is 22.8 Å². The first kappa shape index (κ1) is 12.0. The minimum Gasteiger partial charge on any atom is -0.480 e. The Morgan fingerprint density at radius 1 is 1.53 bits per heavy atom. The molecule has 0 spiro atoms. The van der Waals surface area contributed by atoms with Crippen LogP contribution in [0.5, 0.6) is 0 Å². The first-order chi connectivity index (χ1) is 7.00. The van der Waals surface area contributed by atoms with Crippen LogP contribution in [0.1, 0.15) is 13.8 Å². The minimum atomic E-state index is -0.866. The van der Waals surface area contributed by atoms with Gasteiger partial charge in [-0.15, -0.1) is 0 Å². The van der Waals surface area contributed by atoms with Gasteiger partial charge in [-0.25, -0.2) is 9.78 Å². The minimum absolute atomic E-state index is 0.00736. The number of carbonyl (C=O) groups is 1. The molecule has 0 amide bonds. The van der Waals surface area contributed by atoms with E-state index in [0.29, 0.717) is 5.82 Å². The van der Waals surface area contributed by atoms with Crippen molar-refractivity contribution >= 4 is 27.7 Å². The van der Waals surface area contributed by atoms with Crippen LogP contribution < -0.4 is 5.32 Å². The fourth-order valence-corrected chi connectivity index (χ4v) is 1.37. The van der Waals surface area contributed by atoms with Crippen molar-refractivity contribution in [3.05, 3.63) is 22.8 Å². The fourth-order valence-electron chi connectivity index (χ4n) is 1.13. The zero-order chi connectivity index (χ0) is 11.4. The molecule has 0 radical (unpaired) electrons. The number of hydrogen-bond donors (Lipinski definition) is 2. The number of rotatable bonds is 4. The first-order valence-corrected chi connectivity index (χ1v) is 5.41. The highest BCUT2D eigenvalue weighted by Gasteiger charge is 2.21. The summed E-state index contributed by atoms with van der Waals surface area (Å²) in [6, 6.07) is 2.94. The average Bonchev–Trinajstić information content (AvgIpc) is 2.15. The Morgan fingerprint density at radius 3 is 2.60 bits per heavy atom. The molecule has 0 aromatic carbocycles. The Kier molecular flexibility index (Phi) is 4.08. The molecule has 15 heavy (non-hydrogen) atoms. The van der Waals surface area contributed by atoms with E-state index >= 15 is 0 Å². The second kappa shape index (κ2) is 5.11. The summed E-state index contributed by atoms with van der Waals surface area (Å²) in [5, 5.41) is 11.8. The third-order valence-corrected chi connectivity index (χ3v) is 2.43. The molecule has 5 heteroatoms. The normalized spacial score (nSPS) is 12.5. The molecule has 82 valence electrons. The van der Waals surface area contributed by atoms with E-state index in [9.17, 15) is 4.79 Å². The highest BCUT2D eigenvalue weighted by atomic mass is 79.9. The van der Waals surface area contributed by atoms with Crippen molar-refractivity contribution in [2.75, 3.05) is 5.32 Å². The van der Waals surface area contributed by atoms with Crippen LogP contribution in [0.25, 0.3) is 0 Å². The molecular formula is C10H13BrN2O2. The molecule has 0 aliphatic heterocycles. The molecule has 1 aromatic rings. The summed E-state index contributed by atoms with van der Waals surface area (Å²) >= 11 is 3.26. The summed E-state index contributed by atoms with van der Waals surface area (Å²) in [5.41, 5.74) is 0. The van der Waals surface area contributed by atoms with Crippen molar-refractivity contribution in [1.82, 2.24) is 4.98 Å². The lowest BCUT2D eigenvalue weighted by molar-refractivity contribution is -0.138. The van der Waals surface area contributed by atoms with Crippen molar-refractivity contribution in [2.24, 2.45) is 5.92 Å². The molecule has 1 atom stereocenters. The number of hydrogen-bond acceptors (Lipinski definition) is 3. The van der Waals surface area contributed by atoms with E-state index < -0.39 is 12.0 Å². The first-order valence-electron chi connectivity index (χ1n) is 4.61. The molecular weight excluding hydrogens is 260 g/mol. The van der Waals surface area contributed by atoms with Gasteiger partial charge in [-0.2, -0.15) is 0 Å². The number of aromatic nitrogens is 1. The van der Waals surface area contributed by atoms with Crippen molar-refractivity contribution in [3.8, 4) is 0 Å². The zero-order valence-corrected chi connectivity index (χ0v) is 10.2. The number of pyridine rings is 1. The van der Waals surface area contributed by atoms with Gasteiger partial charge in [0.2, 0.25) is 0 Å². The van der Waals surface area contributed by atoms with E-state index in [4.69, 9.17) is 5.11 Å². The standard InChI is InChI=1S/C10H13BrN2O2/c1-6(2)9(10(14)15)13-8-4-3-7(11)5-12-8/h3-6,9H,1-2H3,(H,12,13)(H,14,15)/t9-/m0/s1. The van der Waals surface area contributed by atoms with Gasteiger partial charge in [-0.1, -0.05) is 13.8 Å². The highest BCUT2D eigenvalue weighted by molar-refractivity contribution is 9.10. The van der Waals surface area contributed by atoms with Gasteiger partial charge < -0.3 is 10.4 Å². The molecule has 0 saturated carbocycles. The summed E-state index contributed by atoms with van der Waals surface area (Å²) in [6.45, 7) is 3.70. The van der Waals surface area contributed by atoms with E-state index in [-0.39, 0.29) is 5.92 Å². The molecule has 1 rings (SSSR count). The number of carboxylic acids is 1. The van der Waals surface area contributed by atoms with Crippen molar-refractivity contribution in [3.63, 3.8) is 0 Å². The number of anilines is 1. The monoisotopic (exact) mass is 272 g/mol. The van der Waals surface area contributed by atoms with E-state index in [1.54, 1.807) is 12.3 Å². The summed E-state index contributed by atoms with van der Waals surface area (Å²) < 4.78 is 0.865. The Hall–Kier alpha value is -1.10. The molecule has 0 unspecified atom stereocenters. The topological polar surface area (TPSA) is 62.2 Å². The van der Waals surface area contributed by atoms with Crippen LogP contribution in [-0.4, -0.2) is 22.1 Å². The third kappa shape index (κ3) is 3.51. The summed E-state index contributed by atoms with van der Waals surface area (Å²) in [5.74, 6) is -0.290. The van der Waals surface area contributed by atoms with E-state index in [1.807, 2.05) is 19.9 Å². The molecule has 0 fully saturated rings. The van der Waals surface area contributed by atoms with Crippen LogP contribution in [0.3, 0.4) is 0 Å². The smallest absolute Gasteiger partial charge is 0.326 e. The summed E-state index contributed by atoms with van der Waals surface area (Å²) in [6.07, 6.45) is 1.63. The van der Waals surface area contributed by atoms with Gasteiger partial charge >= 0.3 is 5.97 Å². The van der Waals surface area contributed by atoms with Crippen molar-refractivity contribution in [2.45, 2.75) is 19.9 Å². The maximum Gasteiger partial charge on any atom is 0.326 e. The molecule has 1 heterocycles. The number of carboxylic acid groups (broad SMARTS) is 1. The fraction of sp³-hybridized carbons (Fsp3) is 0.400. The van der Waals surface area contributed by atoms with Crippen LogP contribution in [0.2, 0.25) is 0 Å². The van der Waals surface area contributed by atoms with Crippen molar-refractivity contribution < 1.29 is 9.90 Å². The quantitative estimate of drug-likeness (QED) is 0.884. The number of nitrogens with one attached hydrogen (secondary N) is 1. The lowest BCUT2D eigenvalue weighted by Crippen LogP contribution is -2.34. The lowest BCUT2D eigenvalue weighted by Gasteiger charge is -2.18. The number of nitrogens with zero attached hydrogens (tertiary/aromatic N) is 1. The molecule has 0 aliphatic rings. The molecule has 4 nitrogen and oxygen atoms in total. The van der Waals surface area contributed by atoms with Crippen LogP contribution in [0.4, 0.5) is 5.82 Å². The van der Waals surface area contributed by atoms with Gasteiger partial charge in [0.1, 0.15) is 11.9 Å². The second-order valence-corrected chi connectivity index (χ2v) is 4.48. The molecule has 1 aromatic heterocycles. The zero-order valence-electron chi connectivity index (χ0n) is 8.57. The summed E-state index contributed by atoms with van der Waals surface area (Å²) in [7, 11) is 0.